The zero-order valence-electron chi connectivity index (χ0n) is 26.4. The van der Waals surface area contributed by atoms with Crippen LogP contribution < -0.4 is 5.32 Å². The van der Waals surface area contributed by atoms with Crippen molar-refractivity contribution >= 4 is 35.8 Å². The first-order valence-corrected chi connectivity index (χ1v) is 16.8. The lowest BCUT2D eigenvalue weighted by Gasteiger charge is -2.34. The van der Waals surface area contributed by atoms with Crippen LogP contribution in [0.2, 0.25) is 5.02 Å². The molecule has 0 radical (unpaired) electrons. The summed E-state index contributed by atoms with van der Waals surface area (Å²) in [7, 11) is 0. The molecule has 10 heteroatoms. The smallest absolute Gasteiger partial charge is 0.412 e. The van der Waals surface area contributed by atoms with Gasteiger partial charge in [-0.2, -0.15) is 0 Å². The Balaban J connectivity index is 0.00000506. The van der Waals surface area contributed by atoms with Gasteiger partial charge < -0.3 is 23.7 Å². The predicted octanol–water partition coefficient (Wildman–Crippen LogP) is 8.35. The molecule has 3 heterocycles. The highest BCUT2D eigenvalue weighted by Crippen LogP contribution is 2.41. The molecule has 4 rings (SSSR count). The SMILES string of the molecule is CCCCCCCCCCCCO[C@H]1O[C@H]([C@@H](CN2CCCCC2)OC(=O)Nc2ccc(Cl)cc2)[C@@H]2OC(C)(C)O[C@H]12.Cl. The van der Waals surface area contributed by atoms with Crippen molar-refractivity contribution in [3.8, 4) is 0 Å². The van der Waals surface area contributed by atoms with E-state index in [-0.39, 0.29) is 18.5 Å². The first kappa shape index (κ1) is 36.3. The van der Waals surface area contributed by atoms with Crippen LogP contribution in [0.25, 0.3) is 0 Å². The van der Waals surface area contributed by atoms with Crippen LogP contribution in [0.5, 0.6) is 0 Å². The van der Waals surface area contributed by atoms with Crippen molar-refractivity contribution in [3.63, 3.8) is 0 Å². The molecule has 1 amide bonds. The fraction of sp³-hybridized carbons (Fsp3) is 0.788. The first-order valence-electron chi connectivity index (χ1n) is 16.4. The van der Waals surface area contributed by atoms with Gasteiger partial charge in [0.25, 0.3) is 0 Å². The van der Waals surface area contributed by atoms with Crippen LogP contribution in [0, 0.1) is 0 Å². The second kappa shape index (κ2) is 18.7. The van der Waals surface area contributed by atoms with E-state index in [0.29, 0.717) is 23.9 Å². The predicted molar refractivity (Wildman–Crippen MR) is 173 cm³/mol. The third-order valence-electron chi connectivity index (χ3n) is 8.43. The van der Waals surface area contributed by atoms with Gasteiger partial charge in [0.2, 0.25) is 0 Å². The Labute approximate surface area is 270 Å². The minimum absolute atomic E-state index is 0. The molecule has 3 fully saturated rings. The Morgan fingerprint density at radius 3 is 2.21 bits per heavy atom. The number of nitrogens with zero attached hydrogens (tertiary/aromatic N) is 1. The molecule has 0 unspecified atom stereocenters. The number of carbonyl (C=O) groups is 1. The summed E-state index contributed by atoms with van der Waals surface area (Å²) in [6, 6.07) is 6.96. The number of benzene rings is 1. The zero-order valence-corrected chi connectivity index (χ0v) is 28.0. The van der Waals surface area contributed by atoms with Crippen molar-refractivity contribution in [1.82, 2.24) is 4.90 Å². The maximum absolute atomic E-state index is 13.0. The number of rotatable bonds is 17. The summed E-state index contributed by atoms with van der Waals surface area (Å²) in [4.78, 5) is 15.4. The molecule has 1 N–H and O–H groups in total. The van der Waals surface area contributed by atoms with E-state index in [1.807, 2.05) is 13.8 Å². The fourth-order valence-corrected chi connectivity index (χ4v) is 6.36. The van der Waals surface area contributed by atoms with Crippen molar-refractivity contribution in [2.45, 2.75) is 141 Å². The Bertz CT molecular complexity index is 930. The largest absolute Gasteiger partial charge is 0.442 e. The van der Waals surface area contributed by atoms with Gasteiger partial charge >= 0.3 is 6.09 Å². The number of anilines is 1. The number of halogens is 2. The molecule has 0 bridgehead atoms. The second-order valence-electron chi connectivity index (χ2n) is 12.5. The molecular weight excluding hydrogens is 591 g/mol. The van der Waals surface area contributed by atoms with Crippen molar-refractivity contribution in [2.24, 2.45) is 0 Å². The zero-order chi connectivity index (χ0) is 29.8. The number of amides is 1. The van der Waals surface area contributed by atoms with Crippen molar-refractivity contribution in [2.75, 3.05) is 31.6 Å². The van der Waals surface area contributed by atoms with E-state index in [4.69, 9.17) is 35.3 Å². The number of fused-ring (bicyclic) bond motifs is 1. The highest BCUT2D eigenvalue weighted by atomic mass is 35.5. The molecule has 1 aromatic carbocycles. The fourth-order valence-electron chi connectivity index (χ4n) is 6.24. The molecule has 1 aromatic rings. The molecular formula is C33H54Cl2N2O6. The molecule has 0 aliphatic carbocycles. The molecule has 43 heavy (non-hydrogen) atoms. The molecule has 0 aromatic heterocycles. The topological polar surface area (TPSA) is 78.5 Å². The summed E-state index contributed by atoms with van der Waals surface area (Å²) >= 11 is 6.00. The normalized spacial score (nSPS) is 25.6. The molecule has 0 saturated carbocycles. The van der Waals surface area contributed by atoms with Gasteiger partial charge in [0, 0.05) is 23.9 Å². The number of piperidine rings is 1. The summed E-state index contributed by atoms with van der Waals surface area (Å²) in [6.45, 7) is 9.20. The summed E-state index contributed by atoms with van der Waals surface area (Å²) < 4.78 is 31.4. The van der Waals surface area contributed by atoms with Crippen LogP contribution >= 0.6 is 24.0 Å². The lowest BCUT2D eigenvalue weighted by molar-refractivity contribution is -0.243. The molecule has 0 spiro atoms. The number of hydrogen-bond acceptors (Lipinski definition) is 7. The summed E-state index contributed by atoms with van der Waals surface area (Å²) in [5, 5.41) is 3.43. The number of unbranched alkanes of at least 4 members (excludes halogenated alkanes) is 9. The average Bonchev–Trinajstić information content (AvgIpc) is 3.46. The Morgan fingerprint density at radius 2 is 1.56 bits per heavy atom. The third kappa shape index (κ3) is 12.0. The van der Waals surface area contributed by atoms with Crippen molar-refractivity contribution in [1.29, 1.82) is 0 Å². The van der Waals surface area contributed by atoms with Gasteiger partial charge in [-0.05, 0) is 70.5 Å². The van der Waals surface area contributed by atoms with Gasteiger partial charge in [0.1, 0.15) is 24.4 Å². The lowest BCUT2D eigenvalue weighted by atomic mass is 10.0. The Hall–Kier alpha value is -1.13. The van der Waals surface area contributed by atoms with E-state index < -0.39 is 36.5 Å². The minimum atomic E-state index is -0.767. The van der Waals surface area contributed by atoms with Crippen LogP contribution in [-0.2, 0) is 23.7 Å². The third-order valence-corrected chi connectivity index (χ3v) is 8.68. The lowest BCUT2D eigenvalue weighted by Crippen LogP contribution is -2.49. The standard InChI is InChI=1S/C33H53ClN2O6.ClH/c1-4-5-6-7-8-9-10-11-12-16-23-38-31-30-29(41-33(2,3)42-30)28(40-31)27(24-36-21-14-13-15-22-36)39-32(37)35-26-19-17-25(34)18-20-26;/h17-20,27-31H,4-16,21-24H2,1-3H3,(H,35,37);1H/t27-,28-,29+,30+,31+;/m1./s1. The summed E-state index contributed by atoms with van der Waals surface area (Å²) in [6.07, 6.45) is 13.3. The molecule has 3 aliphatic heterocycles. The molecule has 3 saturated heterocycles. The number of nitrogens with one attached hydrogen (secondary N) is 1. The highest BCUT2D eigenvalue weighted by molar-refractivity contribution is 6.30. The number of hydrogen-bond donors (Lipinski definition) is 1. The van der Waals surface area contributed by atoms with Gasteiger partial charge in [0.15, 0.2) is 12.1 Å². The van der Waals surface area contributed by atoms with Gasteiger partial charge in [-0.3, -0.25) is 10.2 Å². The summed E-state index contributed by atoms with van der Waals surface area (Å²) in [5.74, 6) is -0.767. The summed E-state index contributed by atoms with van der Waals surface area (Å²) in [5.41, 5.74) is 0.616. The number of ether oxygens (including phenoxy) is 5. The van der Waals surface area contributed by atoms with E-state index in [1.54, 1.807) is 24.3 Å². The van der Waals surface area contributed by atoms with Crippen LogP contribution in [0.15, 0.2) is 24.3 Å². The van der Waals surface area contributed by atoms with Crippen LogP contribution in [0.3, 0.4) is 0 Å². The number of carbonyl (C=O) groups excluding carboxylic acids is 1. The van der Waals surface area contributed by atoms with Crippen LogP contribution in [-0.4, -0.2) is 73.7 Å². The van der Waals surface area contributed by atoms with Gasteiger partial charge in [0.05, 0.1) is 0 Å². The van der Waals surface area contributed by atoms with E-state index in [9.17, 15) is 4.79 Å². The first-order chi connectivity index (χ1) is 20.3. The van der Waals surface area contributed by atoms with Gasteiger partial charge in [-0.15, -0.1) is 12.4 Å². The van der Waals surface area contributed by atoms with Crippen molar-refractivity contribution < 1.29 is 28.5 Å². The van der Waals surface area contributed by atoms with Gasteiger partial charge in [-0.25, -0.2) is 4.79 Å². The Morgan fingerprint density at radius 1 is 0.953 bits per heavy atom. The minimum Gasteiger partial charge on any atom is -0.442 e. The van der Waals surface area contributed by atoms with Crippen LogP contribution in [0.1, 0.15) is 104 Å². The molecule has 8 nitrogen and oxygen atoms in total. The van der Waals surface area contributed by atoms with Crippen molar-refractivity contribution in [3.05, 3.63) is 29.3 Å². The molecule has 5 atom stereocenters. The van der Waals surface area contributed by atoms with E-state index in [1.165, 1.54) is 57.8 Å². The second-order valence-corrected chi connectivity index (χ2v) is 13.0. The maximum Gasteiger partial charge on any atom is 0.412 e. The van der Waals surface area contributed by atoms with E-state index in [2.05, 4.69) is 17.1 Å². The molecule has 3 aliphatic rings. The van der Waals surface area contributed by atoms with E-state index in [0.717, 1.165) is 38.8 Å². The average molecular weight is 646 g/mol. The quantitative estimate of drug-likeness (QED) is 0.171. The number of likely N-dealkylation sites (tertiary alicyclic amines) is 1. The molecule has 246 valence electrons. The van der Waals surface area contributed by atoms with Gasteiger partial charge in [-0.1, -0.05) is 82.7 Å². The Kier molecular flexibility index (Phi) is 15.8. The highest BCUT2D eigenvalue weighted by Gasteiger charge is 2.58. The monoisotopic (exact) mass is 644 g/mol. The van der Waals surface area contributed by atoms with E-state index >= 15 is 0 Å². The van der Waals surface area contributed by atoms with Crippen LogP contribution in [0.4, 0.5) is 10.5 Å². The maximum atomic E-state index is 13.0.